The van der Waals surface area contributed by atoms with E-state index in [1.807, 2.05) is 4.90 Å². The summed E-state index contributed by atoms with van der Waals surface area (Å²) in [5, 5.41) is 22.0. The molecule has 0 aromatic carbocycles. The maximum Gasteiger partial charge on any atom is 0.232 e. The van der Waals surface area contributed by atoms with Gasteiger partial charge in [0.1, 0.15) is 0 Å². The average Bonchev–Trinajstić information content (AvgIpc) is 2.65. The third-order valence-corrected chi connectivity index (χ3v) is 3.27. The quantitative estimate of drug-likeness (QED) is 0.423. The second-order valence-electron chi connectivity index (χ2n) is 5.44. The van der Waals surface area contributed by atoms with Gasteiger partial charge < -0.3 is 25.3 Å². The van der Waals surface area contributed by atoms with Crippen molar-refractivity contribution in [1.29, 1.82) is 0 Å². The summed E-state index contributed by atoms with van der Waals surface area (Å²) in [5.41, 5.74) is 0. The van der Waals surface area contributed by atoms with Crippen LogP contribution in [0.1, 0.15) is 0 Å². The lowest BCUT2D eigenvalue weighted by atomic mass is 10.3. The van der Waals surface area contributed by atoms with E-state index in [-0.39, 0.29) is 13.2 Å². The van der Waals surface area contributed by atoms with Crippen LogP contribution in [-0.4, -0.2) is 70.6 Å². The summed E-state index contributed by atoms with van der Waals surface area (Å²) < 4.78 is 0. The van der Waals surface area contributed by atoms with Crippen LogP contribution in [0.15, 0.2) is 50.6 Å². The molecule has 1 aromatic heterocycles. The monoisotopic (exact) mass is 360 g/mol. The second-order valence-corrected chi connectivity index (χ2v) is 5.44. The van der Waals surface area contributed by atoms with Gasteiger partial charge >= 0.3 is 0 Å². The van der Waals surface area contributed by atoms with E-state index in [1.165, 1.54) is 0 Å². The van der Waals surface area contributed by atoms with Crippen molar-refractivity contribution in [3.8, 4) is 0 Å². The maximum absolute atomic E-state index is 9.81. The highest BCUT2D eigenvalue weighted by atomic mass is 16.3. The SMILES string of the molecule is C=CCNc1nc(N(CC=C)CC=C)nc(N(CC=C)CC(O)CO)n1. The Labute approximate surface area is 154 Å². The van der Waals surface area contributed by atoms with E-state index >= 15 is 0 Å². The van der Waals surface area contributed by atoms with Gasteiger partial charge in [0.15, 0.2) is 0 Å². The minimum Gasteiger partial charge on any atom is -0.394 e. The van der Waals surface area contributed by atoms with Gasteiger partial charge in [0.2, 0.25) is 17.8 Å². The lowest BCUT2D eigenvalue weighted by molar-refractivity contribution is 0.100. The fraction of sp³-hybridized carbons (Fsp3) is 0.389. The van der Waals surface area contributed by atoms with Crippen LogP contribution in [0, 0.1) is 0 Å². The van der Waals surface area contributed by atoms with E-state index in [9.17, 15) is 5.11 Å². The number of hydrogen-bond acceptors (Lipinski definition) is 8. The van der Waals surface area contributed by atoms with Gasteiger partial charge in [0.25, 0.3) is 0 Å². The van der Waals surface area contributed by atoms with Crippen LogP contribution in [-0.2, 0) is 0 Å². The first kappa shape index (κ1) is 21.3. The molecule has 0 aliphatic rings. The van der Waals surface area contributed by atoms with Crippen molar-refractivity contribution in [1.82, 2.24) is 15.0 Å². The van der Waals surface area contributed by atoms with Gasteiger partial charge in [-0.1, -0.05) is 24.3 Å². The molecule has 1 rings (SSSR count). The Balaban J connectivity index is 3.30. The van der Waals surface area contributed by atoms with Gasteiger partial charge in [0.05, 0.1) is 12.7 Å². The molecular weight excluding hydrogens is 332 g/mol. The van der Waals surface area contributed by atoms with Crippen LogP contribution in [0.25, 0.3) is 0 Å². The van der Waals surface area contributed by atoms with Crippen molar-refractivity contribution in [2.75, 3.05) is 54.4 Å². The Kier molecular flexibility index (Phi) is 9.66. The van der Waals surface area contributed by atoms with Gasteiger partial charge in [-0.15, -0.1) is 26.3 Å². The van der Waals surface area contributed by atoms with Crippen LogP contribution in [0.4, 0.5) is 17.8 Å². The molecule has 0 amide bonds. The van der Waals surface area contributed by atoms with E-state index < -0.39 is 6.10 Å². The second kappa shape index (κ2) is 11.8. The highest BCUT2D eigenvalue weighted by molar-refractivity contribution is 5.46. The van der Waals surface area contributed by atoms with Crippen LogP contribution in [0.2, 0.25) is 0 Å². The van der Waals surface area contributed by atoms with Gasteiger partial charge in [-0.25, -0.2) is 0 Å². The Hall–Kier alpha value is -2.71. The summed E-state index contributed by atoms with van der Waals surface area (Å²) in [7, 11) is 0. The molecule has 1 unspecified atom stereocenters. The first-order valence-corrected chi connectivity index (χ1v) is 8.31. The summed E-state index contributed by atoms with van der Waals surface area (Å²) in [5.74, 6) is 1.21. The minimum atomic E-state index is -0.919. The molecule has 3 N–H and O–H groups in total. The zero-order valence-corrected chi connectivity index (χ0v) is 15.1. The molecule has 8 heteroatoms. The summed E-state index contributed by atoms with van der Waals surface area (Å²) >= 11 is 0. The van der Waals surface area contributed by atoms with E-state index in [1.54, 1.807) is 29.2 Å². The standard InChI is InChI=1S/C18H28N6O2/c1-5-9-19-16-20-17(23(10-6-2)11-7-3)22-18(21-16)24(12-8-4)13-15(26)14-25/h5-8,15,25-26H,1-4,9-14H2,(H,19,20,21,22). The number of hydrogen-bond donors (Lipinski definition) is 3. The molecule has 0 spiro atoms. The summed E-state index contributed by atoms with van der Waals surface area (Å²) in [6, 6.07) is 0. The largest absolute Gasteiger partial charge is 0.394 e. The number of aromatic nitrogens is 3. The van der Waals surface area contributed by atoms with Crippen molar-refractivity contribution in [3.63, 3.8) is 0 Å². The average molecular weight is 360 g/mol. The van der Waals surface area contributed by atoms with Gasteiger partial charge in [-0.3, -0.25) is 0 Å². The zero-order chi connectivity index (χ0) is 19.4. The topological polar surface area (TPSA) is 97.6 Å². The van der Waals surface area contributed by atoms with Crippen molar-refractivity contribution < 1.29 is 10.2 Å². The number of aliphatic hydroxyl groups excluding tert-OH is 2. The number of anilines is 3. The fourth-order valence-corrected chi connectivity index (χ4v) is 2.13. The summed E-state index contributed by atoms with van der Waals surface area (Å²) in [6.07, 6.45) is 5.96. The first-order chi connectivity index (χ1) is 12.6. The Morgan fingerprint density at radius 2 is 1.42 bits per heavy atom. The van der Waals surface area contributed by atoms with E-state index in [0.717, 1.165) is 0 Å². The zero-order valence-electron chi connectivity index (χ0n) is 15.1. The Bertz CT molecular complexity index is 597. The molecule has 0 bridgehead atoms. The minimum absolute atomic E-state index is 0.162. The molecule has 0 radical (unpaired) electrons. The molecular formula is C18H28N6O2. The lowest BCUT2D eigenvalue weighted by Gasteiger charge is -2.26. The van der Waals surface area contributed by atoms with Crippen LogP contribution >= 0.6 is 0 Å². The van der Waals surface area contributed by atoms with Crippen molar-refractivity contribution in [2.45, 2.75) is 6.10 Å². The number of nitrogens with zero attached hydrogens (tertiary/aromatic N) is 5. The smallest absolute Gasteiger partial charge is 0.232 e. The normalized spacial score (nSPS) is 11.3. The Morgan fingerprint density at radius 1 is 0.885 bits per heavy atom. The molecule has 1 heterocycles. The third-order valence-electron chi connectivity index (χ3n) is 3.27. The molecule has 1 atom stereocenters. The molecule has 0 saturated carbocycles. The van der Waals surface area contributed by atoms with Crippen molar-refractivity contribution in [2.24, 2.45) is 0 Å². The van der Waals surface area contributed by atoms with Crippen LogP contribution in [0.5, 0.6) is 0 Å². The van der Waals surface area contributed by atoms with Crippen molar-refractivity contribution in [3.05, 3.63) is 50.6 Å². The summed E-state index contributed by atoms with van der Waals surface area (Å²) in [6.45, 7) is 16.7. The van der Waals surface area contributed by atoms with E-state index in [0.29, 0.717) is 44.0 Å². The van der Waals surface area contributed by atoms with Crippen LogP contribution in [0.3, 0.4) is 0 Å². The number of rotatable bonds is 14. The lowest BCUT2D eigenvalue weighted by Crippen LogP contribution is -2.36. The van der Waals surface area contributed by atoms with Crippen molar-refractivity contribution >= 4 is 17.8 Å². The number of nitrogens with one attached hydrogen (secondary N) is 1. The Morgan fingerprint density at radius 3 is 1.92 bits per heavy atom. The molecule has 142 valence electrons. The molecule has 0 saturated heterocycles. The fourth-order valence-electron chi connectivity index (χ4n) is 2.13. The maximum atomic E-state index is 9.81. The highest BCUT2D eigenvalue weighted by Crippen LogP contribution is 2.17. The third kappa shape index (κ3) is 6.66. The highest BCUT2D eigenvalue weighted by Gasteiger charge is 2.18. The molecule has 0 aliphatic heterocycles. The van der Waals surface area contributed by atoms with E-state index in [2.05, 4.69) is 46.6 Å². The van der Waals surface area contributed by atoms with Crippen LogP contribution < -0.4 is 15.1 Å². The van der Waals surface area contributed by atoms with Gasteiger partial charge in [-0.2, -0.15) is 15.0 Å². The predicted octanol–water partition coefficient (Wildman–Crippen LogP) is 0.993. The molecule has 8 nitrogen and oxygen atoms in total. The molecule has 0 aliphatic carbocycles. The molecule has 26 heavy (non-hydrogen) atoms. The molecule has 1 aromatic rings. The van der Waals surface area contributed by atoms with E-state index in [4.69, 9.17) is 5.11 Å². The number of aliphatic hydroxyl groups is 2. The molecule has 0 fully saturated rings. The van der Waals surface area contributed by atoms with Gasteiger partial charge in [-0.05, 0) is 0 Å². The predicted molar refractivity (Wildman–Crippen MR) is 107 cm³/mol. The summed E-state index contributed by atoms with van der Waals surface area (Å²) in [4.78, 5) is 17.0. The first-order valence-electron chi connectivity index (χ1n) is 8.31. The van der Waals surface area contributed by atoms with Gasteiger partial charge in [0, 0.05) is 32.7 Å².